The third-order valence-electron chi connectivity index (χ3n) is 7.69. The van der Waals surface area contributed by atoms with Crippen LogP contribution in [0.4, 0.5) is 16.0 Å². The monoisotopic (exact) mass is 550 g/mol. The van der Waals surface area contributed by atoms with Gasteiger partial charge in [0.2, 0.25) is 16.0 Å². The number of nitrogens with one attached hydrogen (secondary N) is 1. The molecule has 2 saturated heterocycles. The Bertz CT molecular complexity index is 1580. The van der Waals surface area contributed by atoms with E-state index in [1.165, 1.54) is 10.4 Å². The molecule has 0 unspecified atom stereocenters. The lowest BCUT2D eigenvalue weighted by Crippen LogP contribution is -2.51. The van der Waals surface area contributed by atoms with E-state index in [9.17, 15) is 17.9 Å². The van der Waals surface area contributed by atoms with Crippen molar-refractivity contribution in [2.45, 2.75) is 36.2 Å². The molecule has 0 bridgehead atoms. The summed E-state index contributed by atoms with van der Waals surface area (Å²) in [6.07, 6.45) is 6.54. The van der Waals surface area contributed by atoms with Crippen molar-refractivity contribution in [3.05, 3.63) is 72.8 Å². The number of hydrogen-bond acceptors (Lipinski definition) is 7. The Hall–Kier alpha value is -3.38. The predicted octanol–water partition coefficient (Wildman–Crippen LogP) is 3.91. The van der Waals surface area contributed by atoms with Gasteiger partial charge in [0.25, 0.3) is 0 Å². The average Bonchev–Trinajstić information content (AvgIpc) is 3.60. The molecule has 2 fully saturated rings. The number of nitrogens with zero attached hydrogens (tertiary/aromatic N) is 5. The minimum atomic E-state index is -3.67. The van der Waals surface area contributed by atoms with Gasteiger partial charge in [-0.25, -0.2) is 17.8 Å². The van der Waals surface area contributed by atoms with Crippen molar-refractivity contribution >= 4 is 32.6 Å². The van der Waals surface area contributed by atoms with Crippen LogP contribution in [0.25, 0.3) is 16.7 Å². The number of halogens is 1. The number of β-amino-alcohol motifs (C(OH)–C–C–N with tert-alkyl or cyclic N) is 1. The van der Waals surface area contributed by atoms with E-state index in [1.807, 2.05) is 6.07 Å². The highest BCUT2D eigenvalue weighted by Crippen LogP contribution is 2.29. The molecule has 39 heavy (non-hydrogen) atoms. The van der Waals surface area contributed by atoms with Gasteiger partial charge in [-0.05, 0) is 87.3 Å². The summed E-state index contributed by atoms with van der Waals surface area (Å²) >= 11 is 0. The van der Waals surface area contributed by atoms with Crippen molar-refractivity contribution in [1.82, 2.24) is 23.7 Å². The van der Waals surface area contributed by atoms with Gasteiger partial charge in [0.1, 0.15) is 11.6 Å². The summed E-state index contributed by atoms with van der Waals surface area (Å²) in [7, 11) is -3.67. The first kappa shape index (κ1) is 25.9. The normalized spacial score (nSPS) is 18.5. The fourth-order valence-electron chi connectivity index (χ4n) is 5.52. The molecule has 4 aromatic rings. The fraction of sp³-hybridized carbons (Fsp3) is 0.357. The predicted molar refractivity (Wildman–Crippen MR) is 147 cm³/mol. The molecule has 2 aliphatic rings. The minimum absolute atomic E-state index is 0.202. The number of aliphatic hydroxyl groups is 1. The standard InChI is InChI=1S/C28H31FN6O3S/c29-24-4-3-5-25-23(24)11-17-35(25)26-10-14-30-27(32-26)31-21-6-8-22(9-7-21)39(37,38)34-18-12-28(36,13-19-34)20-33-15-1-2-16-33/h3-11,14,17,36H,1-2,12-13,15-16,18-20H2,(H,30,31,32). The zero-order valence-corrected chi connectivity index (χ0v) is 22.3. The van der Waals surface area contributed by atoms with Crippen LogP contribution in [-0.4, -0.2) is 75.6 Å². The van der Waals surface area contributed by atoms with Crippen LogP contribution < -0.4 is 5.32 Å². The van der Waals surface area contributed by atoms with E-state index < -0.39 is 15.6 Å². The van der Waals surface area contributed by atoms with Crippen LogP contribution >= 0.6 is 0 Å². The van der Waals surface area contributed by atoms with E-state index >= 15 is 0 Å². The van der Waals surface area contributed by atoms with Crippen molar-refractivity contribution in [2.75, 3.05) is 38.0 Å². The van der Waals surface area contributed by atoms with Crippen LogP contribution in [0.15, 0.2) is 71.9 Å². The maximum absolute atomic E-state index is 14.1. The number of sulfonamides is 1. The number of aromatic nitrogens is 3. The van der Waals surface area contributed by atoms with E-state index in [1.54, 1.807) is 59.4 Å². The first-order valence-corrected chi connectivity index (χ1v) is 14.7. The van der Waals surface area contributed by atoms with Crippen molar-refractivity contribution in [2.24, 2.45) is 0 Å². The van der Waals surface area contributed by atoms with Gasteiger partial charge >= 0.3 is 0 Å². The van der Waals surface area contributed by atoms with Gasteiger partial charge in [0.05, 0.1) is 16.0 Å². The van der Waals surface area contributed by atoms with E-state index in [4.69, 9.17) is 0 Å². The van der Waals surface area contributed by atoms with Crippen LogP contribution in [0.1, 0.15) is 25.7 Å². The number of likely N-dealkylation sites (tertiary alicyclic amines) is 1. The molecular formula is C28H31FN6O3S. The average molecular weight is 551 g/mol. The third kappa shape index (κ3) is 5.27. The Balaban J connectivity index is 1.13. The number of hydrogen-bond donors (Lipinski definition) is 2. The van der Waals surface area contributed by atoms with Crippen molar-refractivity contribution < 1.29 is 17.9 Å². The summed E-state index contributed by atoms with van der Waals surface area (Å²) in [4.78, 5) is 11.3. The number of anilines is 2. The molecule has 9 nitrogen and oxygen atoms in total. The first-order valence-electron chi connectivity index (χ1n) is 13.2. The Morgan fingerprint density at radius 3 is 2.46 bits per heavy atom. The van der Waals surface area contributed by atoms with Crippen LogP contribution in [0.5, 0.6) is 0 Å². The molecule has 0 atom stereocenters. The quantitative estimate of drug-likeness (QED) is 0.360. The highest BCUT2D eigenvalue weighted by atomic mass is 32.2. The maximum Gasteiger partial charge on any atom is 0.243 e. The number of rotatable bonds is 7. The molecule has 2 aromatic carbocycles. The second-order valence-corrected chi connectivity index (χ2v) is 12.3. The van der Waals surface area contributed by atoms with Gasteiger partial charge in [-0.3, -0.25) is 0 Å². The molecular weight excluding hydrogens is 519 g/mol. The number of piperidine rings is 1. The lowest BCUT2D eigenvalue weighted by atomic mass is 9.92. The molecule has 2 aromatic heterocycles. The molecule has 0 aliphatic carbocycles. The maximum atomic E-state index is 14.1. The van der Waals surface area contributed by atoms with Gasteiger partial charge in [-0.1, -0.05) is 6.07 Å². The molecule has 0 spiro atoms. The summed E-state index contributed by atoms with van der Waals surface area (Å²) in [6, 6.07) is 14.8. The first-order chi connectivity index (χ1) is 18.8. The molecule has 2 aliphatic heterocycles. The number of fused-ring (bicyclic) bond motifs is 1. The Morgan fingerprint density at radius 2 is 1.72 bits per heavy atom. The summed E-state index contributed by atoms with van der Waals surface area (Å²) in [5, 5.41) is 14.6. The zero-order chi connectivity index (χ0) is 27.0. The molecule has 6 rings (SSSR count). The zero-order valence-electron chi connectivity index (χ0n) is 21.5. The van der Waals surface area contributed by atoms with Gasteiger partial charge in [-0.15, -0.1) is 0 Å². The molecule has 0 saturated carbocycles. The van der Waals surface area contributed by atoms with Crippen molar-refractivity contribution in [1.29, 1.82) is 0 Å². The van der Waals surface area contributed by atoms with Crippen LogP contribution in [0, 0.1) is 5.82 Å². The van der Waals surface area contributed by atoms with Gasteiger partial charge in [0.15, 0.2) is 0 Å². The highest BCUT2D eigenvalue weighted by Gasteiger charge is 2.38. The summed E-state index contributed by atoms with van der Waals surface area (Å²) in [6.45, 7) is 3.21. The lowest BCUT2D eigenvalue weighted by molar-refractivity contribution is -0.0284. The van der Waals surface area contributed by atoms with Crippen LogP contribution in [0.2, 0.25) is 0 Å². The second-order valence-electron chi connectivity index (χ2n) is 10.4. The fourth-order valence-corrected chi connectivity index (χ4v) is 6.96. The Kier molecular flexibility index (Phi) is 6.84. The molecule has 0 radical (unpaired) electrons. The van der Waals surface area contributed by atoms with E-state index in [2.05, 4.69) is 20.2 Å². The topological polar surface area (TPSA) is 104 Å². The van der Waals surface area contributed by atoms with Crippen LogP contribution in [0.3, 0.4) is 0 Å². The lowest BCUT2D eigenvalue weighted by Gasteiger charge is -2.39. The van der Waals surface area contributed by atoms with Crippen molar-refractivity contribution in [3.8, 4) is 5.82 Å². The summed E-state index contributed by atoms with van der Waals surface area (Å²) < 4.78 is 43.9. The minimum Gasteiger partial charge on any atom is -0.388 e. The van der Waals surface area contributed by atoms with Crippen molar-refractivity contribution in [3.63, 3.8) is 0 Å². The third-order valence-corrected chi connectivity index (χ3v) is 9.60. The van der Waals surface area contributed by atoms with Gasteiger partial charge in [0, 0.05) is 43.1 Å². The number of benzene rings is 2. The molecule has 2 N–H and O–H groups in total. The summed E-state index contributed by atoms with van der Waals surface area (Å²) in [5.74, 6) is 0.604. The van der Waals surface area contributed by atoms with Gasteiger partial charge < -0.3 is 19.9 Å². The molecule has 204 valence electrons. The highest BCUT2D eigenvalue weighted by molar-refractivity contribution is 7.89. The molecule has 0 amide bonds. The van der Waals surface area contributed by atoms with E-state index in [-0.39, 0.29) is 10.7 Å². The largest absolute Gasteiger partial charge is 0.388 e. The van der Waals surface area contributed by atoms with Crippen LogP contribution in [-0.2, 0) is 10.0 Å². The van der Waals surface area contributed by atoms with E-state index in [0.717, 1.165) is 25.9 Å². The van der Waals surface area contributed by atoms with Gasteiger partial charge in [-0.2, -0.15) is 9.29 Å². The second kappa shape index (κ2) is 10.3. The summed E-state index contributed by atoms with van der Waals surface area (Å²) in [5.41, 5.74) is 0.495. The Morgan fingerprint density at radius 1 is 0.974 bits per heavy atom. The smallest absolute Gasteiger partial charge is 0.243 e. The molecule has 11 heteroatoms. The SMILES string of the molecule is O=S(=O)(c1ccc(Nc2nccc(-n3ccc4c(F)cccc43)n2)cc1)N1CCC(O)(CN2CCCC2)CC1. The molecule has 4 heterocycles. The Labute approximate surface area is 227 Å². The van der Waals surface area contributed by atoms with E-state index in [0.29, 0.717) is 60.8 Å².